The summed E-state index contributed by atoms with van der Waals surface area (Å²) in [5.74, 6) is -1.17. The maximum Gasteiger partial charge on any atom is 0.308 e. The van der Waals surface area contributed by atoms with E-state index in [-0.39, 0.29) is 29.1 Å². The number of ketones is 1. The van der Waals surface area contributed by atoms with Crippen LogP contribution in [0.1, 0.15) is 82.1 Å². The van der Waals surface area contributed by atoms with Crippen LogP contribution in [-0.4, -0.2) is 43.0 Å². The Labute approximate surface area is 192 Å². The topological polar surface area (TPSA) is 72.8 Å². The highest BCUT2D eigenvalue weighted by Gasteiger charge is 2.48. The van der Waals surface area contributed by atoms with Crippen molar-refractivity contribution in [1.29, 1.82) is 0 Å². The van der Waals surface area contributed by atoms with E-state index in [9.17, 15) is 14.7 Å². The molecule has 182 valence electrons. The second kappa shape index (κ2) is 10.8. The van der Waals surface area contributed by atoms with Gasteiger partial charge in [-0.05, 0) is 51.2 Å². The Morgan fingerprint density at radius 1 is 1.03 bits per heavy atom. The normalized spacial score (nSPS) is 17.5. The molecule has 0 rings (SSSR count). The molecule has 31 heavy (non-hydrogen) atoms. The number of Topliss-reactive ketones (excluding diaryl/α,β-unsaturated/α-hetero) is 1. The van der Waals surface area contributed by atoms with Crippen molar-refractivity contribution in [1.82, 2.24) is 0 Å². The summed E-state index contributed by atoms with van der Waals surface area (Å²) >= 11 is 0. The minimum atomic E-state index is -2.28. The first-order valence-corrected chi connectivity index (χ1v) is 14.3. The predicted octanol–water partition coefficient (Wildman–Crippen LogP) is 5.91. The van der Waals surface area contributed by atoms with Gasteiger partial charge in [-0.1, -0.05) is 54.5 Å². The molecule has 0 radical (unpaired) electrons. The molecule has 0 spiro atoms. The highest BCUT2D eigenvalue weighted by Crippen LogP contribution is 2.42. The van der Waals surface area contributed by atoms with Crippen LogP contribution < -0.4 is 0 Å². The molecule has 1 N–H and O–H groups in total. The van der Waals surface area contributed by atoms with Gasteiger partial charge in [-0.2, -0.15) is 0 Å². The molecule has 0 aromatic carbocycles. The summed E-state index contributed by atoms with van der Waals surface area (Å²) in [6.07, 6.45) is 0.941. The van der Waals surface area contributed by atoms with E-state index in [1.54, 1.807) is 13.0 Å². The van der Waals surface area contributed by atoms with Crippen molar-refractivity contribution in [3.63, 3.8) is 0 Å². The van der Waals surface area contributed by atoms with E-state index in [1.807, 2.05) is 41.5 Å². The monoisotopic (exact) mass is 456 g/mol. The second-order valence-corrected chi connectivity index (χ2v) is 16.8. The third-order valence-corrected chi connectivity index (χ3v) is 11.0. The molecular weight excluding hydrogens is 408 g/mol. The molecule has 0 aliphatic carbocycles. The Morgan fingerprint density at radius 3 is 1.90 bits per heavy atom. The van der Waals surface area contributed by atoms with Crippen molar-refractivity contribution < 1.29 is 23.9 Å². The average molecular weight is 457 g/mol. The van der Waals surface area contributed by atoms with Gasteiger partial charge in [0.15, 0.2) is 8.32 Å². The number of carbonyl (C=O) groups is 2. The van der Waals surface area contributed by atoms with E-state index in [2.05, 4.69) is 40.4 Å². The standard InChI is InChI=1S/C25H48O5Si/c1-14-15-17(2)21(27)18(3)22(28)25(10,11)19(16-20(26)29-23(4,5)6)30-31(12,13)24(7,8)9/h14,17-19,21,27H,1,15-16H2,2-13H3/t17-,18+,19-,21-/m0/s1. The fourth-order valence-electron chi connectivity index (χ4n) is 3.31. The quantitative estimate of drug-likeness (QED) is 0.237. The molecular formula is C25H48O5Si. The Morgan fingerprint density at radius 2 is 1.52 bits per heavy atom. The van der Waals surface area contributed by atoms with Gasteiger partial charge in [0.1, 0.15) is 11.4 Å². The Hall–Kier alpha value is -0.983. The van der Waals surface area contributed by atoms with Crippen LogP contribution in [0.5, 0.6) is 0 Å². The lowest BCUT2D eigenvalue weighted by molar-refractivity contribution is -0.159. The predicted molar refractivity (Wildman–Crippen MR) is 130 cm³/mol. The molecule has 4 atom stereocenters. The number of aliphatic hydroxyl groups is 1. The molecule has 0 fully saturated rings. The summed E-state index contributed by atoms with van der Waals surface area (Å²) in [4.78, 5) is 26.3. The number of hydrogen-bond acceptors (Lipinski definition) is 5. The van der Waals surface area contributed by atoms with Crippen LogP contribution in [0.2, 0.25) is 18.1 Å². The number of ether oxygens (including phenoxy) is 1. The van der Waals surface area contributed by atoms with E-state index < -0.39 is 37.5 Å². The van der Waals surface area contributed by atoms with Crippen molar-refractivity contribution in [2.45, 2.75) is 118 Å². The average Bonchev–Trinajstić information content (AvgIpc) is 2.56. The van der Waals surface area contributed by atoms with Crippen LogP contribution in [0, 0.1) is 17.3 Å². The number of allylic oxidation sites excluding steroid dienone is 1. The van der Waals surface area contributed by atoms with Gasteiger partial charge in [-0.25, -0.2) is 0 Å². The molecule has 0 aliphatic heterocycles. The van der Waals surface area contributed by atoms with Crippen molar-refractivity contribution >= 4 is 20.1 Å². The number of esters is 1. The highest BCUT2D eigenvalue weighted by molar-refractivity contribution is 6.74. The summed E-state index contributed by atoms with van der Waals surface area (Å²) in [6.45, 7) is 27.1. The van der Waals surface area contributed by atoms with Gasteiger partial charge in [0.25, 0.3) is 0 Å². The van der Waals surface area contributed by atoms with Crippen LogP contribution in [0.25, 0.3) is 0 Å². The third kappa shape index (κ3) is 8.82. The zero-order chi connectivity index (χ0) is 25.0. The van der Waals surface area contributed by atoms with Gasteiger partial charge in [0.05, 0.1) is 18.6 Å². The summed E-state index contributed by atoms with van der Waals surface area (Å²) in [7, 11) is -2.28. The SMILES string of the molecule is C=CC[C@H](C)[C@H](O)[C@@H](C)C(=O)C(C)(C)[C@H](CC(=O)OC(C)(C)C)O[Si](C)(C)C(C)(C)C. The van der Waals surface area contributed by atoms with Crippen molar-refractivity contribution in [2.75, 3.05) is 0 Å². The summed E-state index contributed by atoms with van der Waals surface area (Å²) in [5.41, 5.74) is -1.59. The summed E-state index contributed by atoms with van der Waals surface area (Å²) < 4.78 is 12.2. The minimum absolute atomic E-state index is 0.00640. The van der Waals surface area contributed by atoms with Crippen LogP contribution in [-0.2, 0) is 18.8 Å². The fourth-order valence-corrected chi connectivity index (χ4v) is 4.75. The maximum atomic E-state index is 13.6. The van der Waals surface area contributed by atoms with E-state index in [0.29, 0.717) is 6.42 Å². The second-order valence-electron chi connectivity index (χ2n) is 12.0. The Bertz CT molecular complexity index is 625. The van der Waals surface area contributed by atoms with Crippen LogP contribution in [0.3, 0.4) is 0 Å². The molecule has 0 saturated heterocycles. The van der Waals surface area contributed by atoms with Gasteiger partial charge in [-0.15, -0.1) is 6.58 Å². The molecule has 0 saturated carbocycles. The first-order valence-electron chi connectivity index (χ1n) is 11.4. The molecule has 0 unspecified atom stereocenters. The highest BCUT2D eigenvalue weighted by atomic mass is 28.4. The third-order valence-electron chi connectivity index (χ3n) is 6.50. The Balaban J connectivity index is 5.96. The minimum Gasteiger partial charge on any atom is -0.460 e. The number of rotatable bonds is 11. The van der Waals surface area contributed by atoms with Crippen LogP contribution in [0.4, 0.5) is 0 Å². The van der Waals surface area contributed by atoms with Gasteiger partial charge >= 0.3 is 5.97 Å². The van der Waals surface area contributed by atoms with Crippen LogP contribution >= 0.6 is 0 Å². The largest absolute Gasteiger partial charge is 0.460 e. The molecule has 0 amide bonds. The van der Waals surface area contributed by atoms with Crippen LogP contribution in [0.15, 0.2) is 12.7 Å². The molecule has 0 aromatic rings. The lowest BCUT2D eigenvalue weighted by Gasteiger charge is -2.44. The molecule has 0 aliphatic rings. The number of aliphatic hydroxyl groups excluding tert-OH is 1. The zero-order valence-electron chi connectivity index (χ0n) is 22.1. The van der Waals surface area contributed by atoms with Gasteiger partial charge in [0, 0.05) is 11.3 Å². The molecule has 0 bridgehead atoms. The molecule has 0 aromatic heterocycles. The molecule has 6 heteroatoms. The van der Waals surface area contributed by atoms with E-state index >= 15 is 0 Å². The zero-order valence-corrected chi connectivity index (χ0v) is 23.1. The van der Waals surface area contributed by atoms with Crippen molar-refractivity contribution in [2.24, 2.45) is 17.3 Å². The number of hydrogen-bond donors (Lipinski definition) is 1. The van der Waals surface area contributed by atoms with E-state index in [1.165, 1.54) is 0 Å². The maximum absolute atomic E-state index is 13.6. The van der Waals surface area contributed by atoms with Gasteiger partial charge in [0.2, 0.25) is 0 Å². The smallest absolute Gasteiger partial charge is 0.308 e. The molecule has 0 heterocycles. The summed E-state index contributed by atoms with van der Waals surface area (Å²) in [6, 6.07) is 0. The first kappa shape index (κ1) is 30.0. The first-order chi connectivity index (χ1) is 13.7. The number of carbonyl (C=O) groups excluding carboxylic acids is 2. The van der Waals surface area contributed by atoms with E-state index in [0.717, 1.165) is 0 Å². The lowest BCUT2D eigenvalue weighted by Crippen LogP contribution is -2.53. The van der Waals surface area contributed by atoms with Crippen molar-refractivity contribution in [3.8, 4) is 0 Å². The van der Waals surface area contributed by atoms with Gasteiger partial charge in [-0.3, -0.25) is 9.59 Å². The van der Waals surface area contributed by atoms with E-state index in [4.69, 9.17) is 9.16 Å². The Kier molecular flexibility index (Phi) is 10.4. The molecule has 5 nitrogen and oxygen atoms in total. The van der Waals surface area contributed by atoms with Gasteiger partial charge < -0.3 is 14.3 Å². The van der Waals surface area contributed by atoms with Crippen molar-refractivity contribution in [3.05, 3.63) is 12.7 Å². The fraction of sp³-hybridized carbons (Fsp3) is 0.840. The lowest BCUT2D eigenvalue weighted by atomic mass is 9.73. The summed E-state index contributed by atoms with van der Waals surface area (Å²) in [5, 5.41) is 10.7.